The van der Waals surface area contributed by atoms with Crippen LogP contribution in [0.15, 0.2) is 35.3 Å². The van der Waals surface area contributed by atoms with Crippen molar-refractivity contribution >= 4 is 35.2 Å². The van der Waals surface area contributed by atoms with Crippen molar-refractivity contribution in [3.8, 4) is 17.2 Å². The van der Waals surface area contributed by atoms with Crippen LogP contribution >= 0.6 is 23.2 Å². The molecule has 0 aromatic heterocycles. The summed E-state index contributed by atoms with van der Waals surface area (Å²) in [6.07, 6.45) is 1.48. The van der Waals surface area contributed by atoms with Crippen molar-refractivity contribution in [3.05, 3.63) is 51.5 Å². The summed E-state index contributed by atoms with van der Waals surface area (Å²) in [5, 5.41) is 10.3. The maximum absolute atomic E-state index is 12.2. The monoisotopic (exact) mass is 367 g/mol. The molecule has 2 aromatic rings. The molecule has 0 atom stereocenters. The van der Waals surface area contributed by atoms with Crippen molar-refractivity contribution in [2.24, 2.45) is 4.99 Å². The summed E-state index contributed by atoms with van der Waals surface area (Å²) in [6.45, 7) is -0.0821. The molecule has 1 N–H and O–H groups in total. The Labute approximate surface area is 149 Å². The maximum Gasteiger partial charge on any atom is 0.184 e. The Hall–Kier alpha value is -2.24. The third-order valence-corrected chi connectivity index (χ3v) is 3.71. The summed E-state index contributed by atoms with van der Waals surface area (Å²) in [5.41, 5.74) is 0.962. The second kappa shape index (κ2) is 8.04. The Kier molecular flexibility index (Phi) is 6.06. The molecular weight excluding hydrogens is 353 g/mol. The first-order valence-corrected chi connectivity index (χ1v) is 7.65. The summed E-state index contributed by atoms with van der Waals surface area (Å²) in [5.74, 6) is 0.407. The molecular formula is C17H15Cl2NO4. The Morgan fingerprint density at radius 3 is 2.62 bits per heavy atom. The van der Waals surface area contributed by atoms with Gasteiger partial charge in [-0.05, 0) is 30.3 Å². The second-order valence-electron chi connectivity index (χ2n) is 4.79. The van der Waals surface area contributed by atoms with Crippen LogP contribution in [-0.2, 0) is 0 Å². The average molecular weight is 368 g/mol. The molecule has 0 radical (unpaired) electrons. The number of phenols is 1. The molecule has 2 rings (SSSR count). The van der Waals surface area contributed by atoms with Crippen LogP contribution in [0, 0.1) is 0 Å². The highest BCUT2D eigenvalue weighted by atomic mass is 35.5. The second-order valence-corrected chi connectivity index (χ2v) is 5.63. The van der Waals surface area contributed by atoms with Gasteiger partial charge in [-0.15, -0.1) is 0 Å². The number of benzene rings is 2. The van der Waals surface area contributed by atoms with Crippen molar-refractivity contribution in [2.75, 3.05) is 20.8 Å². The number of rotatable bonds is 6. The first kappa shape index (κ1) is 18.1. The maximum atomic E-state index is 12.2. The molecule has 0 fully saturated rings. The van der Waals surface area contributed by atoms with E-state index in [1.807, 2.05) is 0 Å². The number of hydrogen-bond acceptors (Lipinski definition) is 5. The van der Waals surface area contributed by atoms with Crippen LogP contribution in [0.25, 0.3) is 0 Å². The highest BCUT2D eigenvalue weighted by molar-refractivity contribution is 6.36. The fourth-order valence-corrected chi connectivity index (χ4v) is 2.65. The van der Waals surface area contributed by atoms with E-state index in [9.17, 15) is 9.90 Å². The number of hydrogen-bond donors (Lipinski definition) is 1. The molecule has 24 heavy (non-hydrogen) atoms. The van der Waals surface area contributed by atoms with Gasteiger partial charge in [-0.3, -0.25) is 9.79 Å². The molecule has 0 aliphatic heterocycles. The minimum Gasteiger partial charge on any atom is -0.504 e. The van der Waals surface area contributed by atoms with Crippen molar-refractivity contribution < 1.29 is 19.4 Å². The van der Waals surface area contributed by atoms with Gasteiger partial charge in [0, 0.05) is 22.4 Å². The minimum absolute atomic E-state index is 0.0316. The predicted molar refractivity (Wildman–Crippen MR) is 94.5 cm³/mol. The minimum atomic E-state index is -0.225. The molecule has 0 aliphatic rings. The number of nitrogens with zero attached hydrogens (tertiary/aromatic N) is 1. The first-order chi connectivity index (χ1) is 11.5. The van der Waals surface area contributed by atoms with E-state index in [1.54, 1.807) is 12.1 Å². The number of aliphatic imine (C=N–C) groups is 1. The average Bonchev–Trinajstić information content (AvgIpc) is 2.54. The lowest BCUT2D eigenvalue weighted by atomic mass is 10.1. The lowest BCUT2D eigenvalue weighted by molar-refractivity contribution is 0.100. The van der Waals surface area contributed by atoms with Crippen molar-refractivity contribution in [1.29, 1.82) is 0 Å². The molecule has 7 heteroatoms. The van der Waals surface area contributed by atoms with Gasteiger partial charge >= 0.3 is 0 Å². The molecule has 0 aliphatic carbocycles. The zero-order valence-corrected chi connectivity index (χ0v) is 14.6. The number of ketones is 1. The van der Waals surface area contributed by atoms with Gasteiger partial charge in [0.15, 0.2) is 17.3 Å². The van der Waals surface area contributed by atoms with Gasteiger partial charge in [-0.25, -0.2) is 0 Å². The molecule has 0 saturated heterocycles. The van der Waals surface area contributed by atoms with E-state index in [1.165, 1.54) is 38.6 Å². The fourth-order valence-electron chi connectivity index (χ4n) is 2.06. The fraction of sp³-hybridized carbons (Fsp3) is 0.176. The van der Waals surface area contributed by atoms with E-state index < -0.39 is 0 Å². The largest absolute Gasteiger partial charge is 0.504 e. The Balaban J connectivity index is 2.16. The van der Waals surface area contributed by atoms with Gasteiger partial charge in [-0.2, -0.15) is 0 Å². The van der Waals surface area contributed by atoms with E-state index in [4.69, 9.17) is 32.7 Å². The van der Waals surface area contributed by atoms with Crippen LogP contribution in [0.2, 0.25) is 10.0 Å². The topological polar surface area (TPSA) is 68.1 Å². The molecule has 0 bridgehead atoms. The van der Waals surface area contributed by atoms with Crippen molar-refractivity contribution in [1.82, 2.24) is 0 Å². The molecule has 126 valence electrons. The molecule has 0 saturated carbocycles. The van der Waals surface area contributed by atoms with Gasteiger partial charge in [0.05, 0.1) is 19.2 Å². The Morgan fingerprint density at radius 2 is 1.96 bits per heavy atom. The Morgan fingerprint density at radius 1 is 1.21 bits per heavy atom. The quantitative estimate of drug-likeness (QED) is 0.618. The van der Waals surface area contributed by atoms with E-state index in [-0.39, 0.29) is 23.8 Å². The molecule has 0 amide bonds. The standard InChI is InChI=1S/C17H15Cl2NO4/c1-23-16-6-10(3-4-14(16)21)15(22)9-20-8-11-5-12(18)7-13(19)17(11)24-2/h3-8,21H,9H2,1-2H3. The van der Waals surface area contributed by atoms with E-state index in [0.29, 0.717) is 26.9 Å². The molecule has 0 heterocycles. The van der Waals surface area contributed by atoms with Crippen molar-refractivity contribution in [3.63, 3.8) is 0 Å². The van der Waals surface area contributed by atoms with Crippen molar-refractivity contribution in [2.45, 2.75) is 0 Å². The summed E-state index contributed by atoms with van der Waals surface area (Å²) in [7, 11) is 2.90. The summed E-state index contributed by atoms with van der Waals surface area (Å²) in [6, 6.07) is 7.57. The number of phenolic OH excluding ortho intramolecular Hbond substituents is 1. The molecule has 5 nitrogen and oxygen atoms in total. The van der Waals surface area contributed by atoms with Crippen LogP contribution in [0.4, 0.5) is 0 Å². The molecule has 2 aromatic carbocycles. The van der Waals surface area contributed by atoms with Gasteiger partial charge < -0.3 is 14.6 Å². The van der Waals surface area contributed by atoms with Gasteiger partial charge in [0.1, 0.15) is 12.3 Å². The number of halogens is 2. The zero-order chi connectivity index (χ0) is 17.7. The summed E-state index contributed by atoms with van der Waals surface area (Å²) < 4.78 is 10.2. The summed E-state index contributed by atoms with van der Waals surface area (Å²) >= 11 is 12.0. The SMILES string of the molecule is COc1cc(C(=O)CN=Cc2cc(Cl)cc(Cl)c2OC)ccc1O. The van der Waals surface area contributed by atoms with E-state index in [2.05, 4.69) is 4.99 Å². The van der Waals surface area contributed by atoms with Gasteiger partial charge in [-0.1, -0.05) is 23.2 Å². The van der Waals surface area contributed by atoms with Crippen LogP contribution in [0.3, 0.4) is 0 Å². The predicted octanol–water partition coefficient (Wildman–Crippen LogP) is 4.02. The third-order valence-electron chi connectivity index (χ3n) is 3.21. The van der Waals surface area contributed by atoms with Crippen LogP contribution in [-0.4, -0.2) is 37.9 Å². The van der Waals surface area contributed by atoms with Crippen LogP contribution in [0.5, 0.6) is 17.2 Å². The number of aromatic hydroxyl groups is 1. The lowest BCUT2D eigenvalue weighted by Gasteiger charge is -2.07. The highest BCUT2D eigenvalue weighted by Crippen LogP contribution is 2.31. The highest BCUT2D eigenvalue weighted by Gasteiger charge is 2.10. The van der Waals surface area contributed by atoms with Gasteiger partial charge in [0.2, 0.25) is 0 Å². The Bertz CT molecular complexity index is 790. The normalized spacial score (nSPS) is 10.8. The third kappa shape index (κ3) is 4.19. The van der Waals surface area contributed by atoms with E-state index in [0.717, 1.165) is 0 Å². The molecule has 0 spiro atoms. The summed E-state index contributed by atoms with van der Waals surface area (Å²) in [4.78, 5) is 16.3. The smallest absolute Gasteiger partial charge is 0.184 e. The lowest BCUT2D eigenvalue weighted by Crippen LogP contribution is -2.04. The number of carbonyl (C=O) groups is 1. The number of ether oxygens (including phenoxy) is 2. The van der Waals surface area contributed by atoms with Crippen LogP contribution < -0.4 is 9.47 Å². The first-order valence-electron chi connectivity index (χ1n) is 6.89. The number of Topliss-reactive ketones (excluding diaryl/α,β-unsaturated/α-hetero) is 1. The number of carbonyl (C=O) groups excluding carboxylic acids is 1. The van der Waals surface area contributed by atoms with E-state index >= 15 is 0 Å². The number of methoxy groups -OCH3 is 2. The van der Waals surface area contributed by atoms with Crippen LogP contribution in [0.1, 0.15) is 15.9 Å². The zero-order valence-electron chi connectivity index (χ0n) is 13.0. The van der Waals surface area contributed by atoms with Gasteiger partial charge in [0.25, 0.3) is 0 Å². The molecule has 0 unspecified atom stereocenters.